The fourth-order valence-electron chi connectivity index (χ4n) is 2.08. The Morgan fingerprint density at radius 1 is 1.50 bits per heavy atom. The summed E-state index contributed by atoms with van der Waals surface area (Å²) in [5, 5.41) is 13.1. The summed E-state index contributed by atoms with van der Waals surface area (Å²) in [5.41, 5.74) is -0.0168. The third kappa shape index (κ3) is 2.91. The van der Waals surface area contributed by atoms with Crippen LogP contribution in [0, 0.1) is 10.1 Å². The number of hydrogen-bond donors (Lipinski definition) is 0. The van der Waals surface area contributed by atoms with Crippen molar-refractivity contribution in [1.82, 2.24) is 4.98 Å². The molecular formula is C13H12ClN3O2S. The smallest absolute Gasteiger partial charge is 0.276 e. The van der Waals surface area contributed by atoms with Gasteiger partial charge in [-0.15, -0.1) is 11.3 Å². The van der Waals surface area contributed by atoms with Gasteiger partial charge in [0.2, 0.25) is 0 Å². The van der Waals surface area contributed by atoms with Gasteiger partial charge in [0.1, 0.15) is 11.0 Å². The molecule has 0 atom stereocenters. The largest absolute Gasteiger partial charge is 0.348 e. The zero-order valence-electron chi connectivity index (χ0n) is 10.5. The Kier molecular flexibility index (Phi) is 3.58. The lowest BCUT2D eigenvalue weighted by Gasteiger charge is -2.22. The monoisotopic (exact) mass is 309 g/mol. The van der Waals surface area contributed by atoms with Crippen LogP contribution in [0.4, 0.5) is 11.5 Å². The van der Waals surface area contributed by atoms with E-state index in [0.717, 1.165) is 12.8 Å². The Labute approximate surface area is 125 Å². The minimum Gasteiger partial charge on any atom is -0.348 e. The van der Waals surface area contributed by atoms with Crippen LogP contribution in [0.25, 0.3) is 0 Å². The van der Waals surface area contributed by atoms with Gasteiger partial charge in [0.15, 0.2) is 0 Å². The van der Waals surface area contributed by atoms with Crippen LogP contribution in [-0.4, -0.2) is 15.9 Å². The fourth-order valence-corrected chi connectivity index (χ4v) is 2.98. The maximum absolute atomic E-state index is 10.9. The molecule has 5 nitrogen and oxygen atoms in total. The predicted molar refractivity (Wildman–Crippen MR) is 79.4 cm³/mol. The third-order valence-electron chi connectivity index (χ3n) is 3.16. The van der Waals surface area contributed by atoms with Crippen molar-refractivity contribution in [3.63, 3.8) is 0 Å². The van der Waals surface area contributed by atoms with Gasteiger partial charge < -0.3 is 4.90 Å². The molecular weight excluding hydrogens is 298 g/mol. The summed E-state index contributed by atoms with van der Waals surface area (Å²) in [7, 11) is 0. The second kappa shape index (κ2) is 5.38. The summed E-state index contributed by atoms with van der Waals surface area (Å²) in [6, 6.07) is 7.24. The van der Waals surface area contributed by atoms with Crippen molar-refractivity contribution in [3.8, 4) is 0 Å². The van der Waals surface area contributed by atoms with Crippen molar-refractivity contribution in [2.75, 3.05) is 4.90 Å². The van der Waals surface area contributed by atoms with E-state index in [4.69, 9.17) is 11.6 Å². The first-order valence-corrected chi connectivity index (χ1v) is 7.50. The quantitative estimate of drug-likeness (QED) is 0.478. The van der Waals surface area contributed by atoms with Crippen LogP contribution in [0.1, 0.15) is 17.7 Å². The number of anilines is 1. The van der Waals surface area contributed by atoms with E-state index >= 15 is 0 Å². The van der Waals surface area contributed by atoms with E-state index in [-0.39, 0.29) is 10.8 Å². The summed E-state index contributed by atoms with van der Waals surface area (Å²) >= 11 is 7.57. The second-order valence-corrected chi connectivity index (χ2v) is 6.12. The molecule has 3 rings (SSSR count). The van der Waals surface area contributed by atoms with E-state index in [0.29, 0.717) is 18.4 Å². The van der Waals surface area contributed by atoms with Crippen LogP contribution in [0.2, 0.25) is 5.15 Å². The van der Waals surface area contributed by atoms with E-state index in [1.54, 1.807) is 11.3 Å². The first kappa shape index (κ1) is 13.3. The van der Waals surface area contributed by atoms with Gasteiger partial charge in [-0.3, -0.25) is 10.1 Å². The molecule has 0 amide bonds. The molecule has 0 N–H and O–H groups in total. The number of nitro groups is 1. The van der Waals surface area contributed by atoms with Gasteiger partial charge in [0.25, 0.3) is 5.69 Å². The summed E-state index contributed by atoms with van der Waals surface area (Å²) in [5.74, 6) is 0.583. The molecule has 0 spiro atoms. The highest BCUT2D eigenvalue weighted by atomic mass is 35.5. The fraction of sp³-hybridized carbons (Fsp3) is 0.308. The Bertz CT molecular complexity index is 629. The van der Waals surface area contributed by atoms with Crippen LogP contribution in [0.15, 0.2) is 29.6 Å². The third-order valence-corrected chi connectivity index (χ3v) is 4.22. The standard InChI is InChI=1S/C13H12ClN3O2S/c14-12-6-10(17(18)19)7-13(15-12)16(9-3-4-9)8-11-2-1-5-20-11/h1-2,5-7,9H,3-4,8H2. The molecule has 2 aromatic heterocycles. The number of halogens is 1. The molecule has 0 radical (unpaired) electrons. The Hall–Kier alpha value is -1.66. The number of rotatable bonds is 5. The van der Waals surface area contributed by atoms with Crippen LogP contribution in [-0.2, 0) is 6.54 Å². The second-order valence-electron chi connectivity index (χ2n) is 4.70. The highest BCUT2D eigenvalue weighted by Gasteiger charge is 2.31. The highest BCUT2D eigenvalue weighted by molar-refractivity contribution is 7.09. The number of nitrogens with zero attached hydrogens (tertiary/aromatic N) is 3. The summed E-state index contributed by atoms with van der Waals surface area (Å²) in [4.78, 5) is 18.1. The molecule has 20 heavy (non-hydrogen) atoms. The van der Waals surface area contributed by atoms with Crippen LogP contribution < -0.4 is 4.90 Å². The van der Waals surface area contributed by atoms with E-state index in [9.17, 15) is 10.1 Å². The number of aromatic nitrogens is 1. The molecule has 1 saturated carbocycles. The number of thiophene rings is 1. The minimum atomic E-state index is -0.437. The van der Waals surface area contributed by atoms with Crippen LogP contribution >= 0.6 is 22.9 Å². The van der Waals surface area contributed by atoms with E-state index in [1.165, 1.54) is 17.0 Å². The summed E-state index contributed by atoms with van der Waals surface area (Å²) < 4.78 is 0. The van der Waals surface area contributed by atoms with E-state index in [2.05, 4.69) is 16.0 Å². The molecule has 2 aromatic rings. The van der Waals surface area contributed by atoms with Crippen molar-refractivity contribution in [2.24, 2.45) is 0 Å². The zero-order chi connectivity index (χ0) is 14.1. The van der Waals surface area contributed by atoms with E-state index in [1.807, 2.05) is 11.4 Å². The SMILES string of the molecule is O=[N+]([O-])c1cc(Cl)nc(N(Cc2cccs2)C2CC2)c1. The van der Waals surface area contributed by atoms with Gasteiger partial charge in [-0.05, 0) is 24.3 Å². The molecule has 0 aliphatic heterocycles. The zero-order valence-corrected chi connectivity index (χ0v) is 12.1. The lowest BCUT2D eigenvalue weighted by Crippen LogP contribution is -2.25. The summed E-state index contributed by atoms with van der Waals surface area (Å²) in [6.07, 6.45) is 2.18. The van der Waals surface area contributed by atoms with Gasteiger partial charge in [-0.2, -0.15) is 0 Å². The number of hydrogen-bond acceptors (Lipinski definition) is 5. The molecule has 2 heterocycles. The van der Waals surface area contributed by atoms with Gasteiger partial charge in [0, 0.05) is 10.9 Å². The predicted octanol–water partition coefficient (Wildman–Crippen LogP) is 3.87. The molecule has 7 heteroatoms. The average molecular weight is 310 g/mol. The van der Waals surface area contributed by atoms with Gasteiger partial charge >= 0.3 is 0 Å². The van der Waals surface area contributed by atoms with Gasteiger partial charge in [-0.25, -0.2) is 4.98 Å². The molecule has 0 aromatic carbocycles. The normalized spacial score (nSPS) is 14.2. The molecule has 1 aliphatic rings. The summed E-state index contributed by atoms with van der Waals surface area (Å²) in [6.45, 7) is 0.715. The molecule has 1 fully saturated rings. The average Bonchev–Trinajstić information content (AvgIpc) is 3.12. The Balaban J connectivity index is 1.93. The molecule has 0 unspecified atom stereocenters. The van der Waals surface area contributed by atoms with Crippen LogP contribution in [0.5, 0.6) is 0 Å². The van der Waals surface area contributed by atoms with Crippen LogP contribution in [0.3, 0.4) is 0 Å². The van der Waals surface area contributed by atoms with Crippen molar-refractivity contribution < 1.29 is 4.92 Å². The first-order chi connectivity index (χ1) is 9.63. The molecule has 1 aliphatic carbocycles. The topological polar surface area (TPSA) is 59.3 Å². The Morgan fingerprint density at radius 2 is 2.30 bits per heavy atom. The van der Waals surface area contributed by atoms with Crippen molar-refractivity contribution >= 4 is 34.4 Å². The minimum absolute atomic E-state index is 0.0168. The van der Waals surface area contributed by atoms with Gasteiger partial charge in [-0.1, -0.05) is 17.7 Å². The Morgan fingerprint density at radius 3 is 2.90 bits per heavy atom. The van der Waals surface area contributed by atoms with Crippen molar-refractivity contribution in [1.29, 1.82) is 0 Å². The first-order valence-electron chi connectivity index (χ1n) is 6.24. The number of pyridine rings is 1. The maximum Gasteiger partial charge on any atom is 0.276 e. The van der Waals surface area contributed by atoms with Gasteiger partial charge in [0.05, 0.1) is 23.6 Å². The van der Waals surface area contributed by atoms with Crippen molar-refractivity contribution in [3.05, 3.63) is 49.8 Å². The lowest BCUT2D eigenvalue weighted by atomic mass is 10.3. The van der Waals surface area contributed by atoms with E-state index < -0.39 is 4.92 Å². The molecule has 0 bridgehead atoms. The molecule has 104 valence electrons. The molecule has 0 saturated heterocycles. The maximum atomic E-state index is 10.9. The highest BCUT2D eigenvalue weighted by Crippen LogP contribution is 2.34. The lowest BCUT2D eigenvalue weighted by molar-refractivity contribution is -0.384. The van der Waals surface area contributed by atoms with Crippen molar-refractivity contribution in [2.45, 2.75) is 25.4 Å².